The molecule has 0 saturated heterocycles. The van der Waals surface area contributed by atoms with Crippen LogP contribution < -0.4 is 4.74 Å². The minimum atomic E-state index is -1.03. The SMILES string of the molecule is C=C(C)C(=O)O/C(CC(O)CC)=C(\C)C(=O)OCC(O)COc1ccccc1. The molecular weight excluding hydrogens is 364 g/mol. The summed E-state index contributed by atoms with van der Waals surface area (Å²) in [5, 5.41) is 19.8. The molecule has 0 saturated carbocycles. The van der Waals surface area contributed by atoms with Gasteiger partial charge < -0.3 is 24.4 Å². The first-order valence-electron chi connectivity index (χ1n) is 9.03. The summed E-state index contributed by atoms with van der Waals surface area (Å²) in [6, 6.07) is 8.93. The summed E-state index contributed by atoms with van der Waals surface area (Å²) in [5.74, 6) is -0.845. The number of benzene rings is 1. The molecule has 0 amide bonds. The van der Waals surface area contributed by atoms with Crippen molar-refractivity contribution in [3.63, 3.8) is 0 Å². The normalized spacial score (nSPS) is 13.8. The van der Waals surface area contributed by atoms with Crippen molar-refractivity contribution in [1.29, 1.82) is 0 Å². The first-order valence-corrected chi connectivity index (χ1v) is 9.03. The minimum absolute atomic E-state index is 0.0161. The van der Waals surface area contributed by atoms with Crippen LogP contribution in [0.1, 0.15) is 33.6 Å². The van der Waals surface area contributed by atoms with E-state index in [1.165, 1.54) is 13.8 Å². The van der Waals surface area contributed by atoms with Gasteiger partial charge in [-0.2, -0.15) is 0 Å². The number of aliphatic hydroxyl groups is 2. The van der Waals surface area contributed by atoms with Gasteiger partial charge in [0.15, 0.2) is 0 Å². The van der Waals surface area contributed by atoms with Gasteiger partial charge in [-0.25, -0.2) is 9.59 Å². The number of hydrogen-bond acceptors (Lipinski definition) is 7. The fourth-order valence-corrected chi connectivity index (χ4v) is 1.98. The van der Waals surface area contributed by atoms with E-state index in [9.17, 15) is 19.8 Å². The monoisotopic (exact) mass is 392 g/mol. The van der Waals surface area contributed by atoms with Crippen molar-refractivity contribution >= 4 is 11.9 Å². The van der Waals surface area contributed by atoms with Crippen molar-refractivity contribution in [2.45, 2.75) is 45.8 Å². The van der Waals surface area contributed by atoms with E-state index in [0.717, 1.165) is 0 Å². The number of aliphatic hydroxyl groups excluding tert-OH is 2. The largest absolute Gasteiger partial charge is 0.491 e. The van der Waals surface area contributed by atoms with Gasteiger partial charge in [0.2, 0.25) is 0 Å². The van der Waals surface area contributed by atoms with Crippen LogP contribution in [0.15, 0.2) is 53.8 Å². The van der Waals surface area contributed by atoms with Crippen molar-refractivity contribution < 1.29 is 34.0 Å². The second-order valence-corrected chi connectivity index (χ2v) is 6.36. The molecule has 0 aliphatic heterocycles. The Morgan fingerprint density at radius 1 is 1.04 bits per heavy atom. The van der Waals surface area contributed by atoms with Crippen LogP contribution in [0.3, 0.4) is 0 Å². The van der Waals surface area contributed by atoms with Gasteiger partial charge >= 0.3 is 11.9 Å². The number of rotatable bonds is 11. The zero-order valence-corrected chi connectivity index (χ0v) is 16.5. The average molecular weight is 392 g/mol. The van der Waals surface area contributed by atoms with Gasteiger partial charge in [-0.3, -0.25) is 0 Å². The van der Waals surface area contributed by atoms with E-state index in [1.54, 1.807) is 31.2 Å². The van der Waals surface area contributed by atoms with Gasteiger partial charge in [-0.05, 0) is 32.4 Å². The number of esters is 2. The summed E-state index contributed by atoms with van der Waals surface area (Å²) in [4.78, 5) is 24.0. The Morgan fingerprint density at radius 2 is 1.68 bits per heavy atom. The number of carbonyl (C=O) groups excluding carboxylic acids is 2. The van der Waals surface area contributed by atoms with Gasteiger partial charge in [-0.1, -0.05) is 31.7 Å². The second kappa shape index (κ2) is 11.9. The third kappa shape index (κ3) is 8.37. The standard InChI is InChI=1S/C21H28O7/c1-5-16(22)11-19(28-20(24)14(2)3)15(4)21(25)27-13-17(23)12-26-18-9-7-6-8-10-18/h6-10,16-17,22-23H,2,5,11-13H2,1,3-4H3/b19-15+. The first-order chi connectivity index (χ1) is 13.2. The molecule has 1 aromatic carbocycles. The molecule has 2 N–H and O–H groups in total. The number of ether oxygens (including phenoxy) is 3. The fourth-order valence-electron chi connectivity index (χ4n) is 1.98. The fraction of sp³-hybridized carbons (Fsp3) is 0.429. The summed E-state index contributed by atoms with van der Waals surface area (Å²) in [7, 11) is 0. The molecule has 2 unspecified atom stereocenters. The van der Waals surface area contributed by atoms with E-state index in [1.807, 2.05) is 6.07 Å². The van der Waals surface area contributed by atoms with Crippen LogP contribution in [0, 0.1) is 0 Å². The molecule has 0 aliphatic carbocycles. The molecule has 7 heteroatoms. The van der Waals surface area contributed by atoms with Crippen molar-refractivity contribution in [2.24, 2.45) is 0 Å². The van der Waals surface area contributed by atoms with Crippen LogP contribution in [0.2, 0.25) is 0 Å². The zero-order valence-electron chi connectivity index (χ0n) is 16.5. The lowest BCUT2D eigenvalue weighted by Crippen LogP contribution is -2.26. The van der Waals surface area contributed by atoms with E-state index < -0.39 is 24.1 Å². The zero-order chi connectivity index (χ0) is 21.1. The highest BCUT2D eigenvalue weighted by atomic mass is 16.6. The van der Waals surface area contributed by atoms with Gasteiger partial charge in [0.05, 0.1) is 11.7 Å². The number of hydrogen-bond donors (Lipinski definition) is 2. The van der Waals surface area contributed by atoms with E-state index in [-0.39, 0.29) is 36.5 Å². The molecule has 0 fully saturated rings. The summed E-state index contributed by atoms with van der Waals surface area (Å²) in [6.45, 7) is 7.83. The van der Waals surface area contributed by atoms with E-state index >= 15 is 0 Å². The van der Waals surface area contributed by atoms with Gasteiger partial charge in [-0.15, -0.1) is 0 Å². The summed E-state index contributed by atoms with van der Waals surface area (Å²) in [6.07, 6.45) is -1.40. The summed E-state index contributed by atoms with van der Waals surface area (Å²) >= 11 is 0. The maximum Gasteiger partial charge on any atom is 0.338 e. The highest BCUT2D eigenvalue weighted by molar-refractivity contribution is 5.91. The van der Waals surface area contributed by atoms with E-state index in [2.05, 4.69) is 6.58 Å². The van der Waals surface area contributed by atoms with Crippen LogP contribution >= 0.6 is 0 Å². The Balaban J connectivity index is 2.67. The number of carbonyl (C=O) groups is 2. The molecular formula is C21H28O7. The van der Waals surface area contributed by atoms with Crippen molar-refractivity contribution in [3.8, 4) is 5.75 Å². The van der Waals surface area contributed by atoms with Gasteiger partial charge in [0.1, 0.15) is 30.8 Å². The highest BCUT2D eigenvalue weighted by Gasteiger charge is 2.20. The van der Waals surface area contributed by atoms with Crippen LogP contribution in [-0.2, 0) is 19.1 Å². The molecule has 1 rings (SSSR count). The van der Waals surface area contributed by atoms with E-state index in [0.29, 0.717) is 12.2 Å². The molecule has 1 aromatic rings. The summed E-state index contributed by atoms with van der Waals surface area (Å²) < 4.78 is 15.6. The Morgan fingerprint density at radius 3 is 2.25 bits per heavy atom. The van der Waals surface area contributed by atoms with Crippen LogP contribution in [0.25, 0.3) is 0 Å². The van der Waals surface area contributed by atoms with Crippen LogP contribution in [0.5, 0.6) is 5.75 Å². The molecule has 0 aromatic heterocycles. The van der Waals surface area contributed by atoms with E-state index in [4.69, 9.17) is 14.2 Å². The molecule has 0 spiro atoms. The Labute approximate surface area is 165 Å². The Hall–Kier alpha value is -2.64. The minimum Gasteiger partial charge on any atom is -0.491 e. The molecule has 0 aliphatic rings. The maximum atomic E-state index is 12.3. The van der Waals surface area contributed by atoms with Crippen molar-refractivity contribution in [2.75, 3.05) is 13.2 Å². The van der Waals surface area contributed by atoms with Crippen molar-refractivity contribution in [1.82, 2.24) is 0 Å². The topological polar surface area (TPSA) is 102 Å². The molecule has 28 heavy (non-hydrogen) atoms. The van der Waals surface area contributed by atoms with Gasteiger partial charge in [0.25, 0.3) is 0 Å². The smallest absolute Gasteiger partial charge is 0.338 e. The summed E-state index contributed by atoms with van der Waals surface area (Å²) in [5.41, 5.74) is 0.205. The predicted molar refractivity (Wildman–Crippen MR) is 103 cm³/mol. The quantitative estimate of drug-likeness (QED) is 0.339. The predicted octanol–water partition coefficient (Wildman–Crippen LogP) is 2.52. The molecule has 154 valence electrons. The molecule has 0 bridgehead atoms. The maximum absolute atomic E-state index is 12.3. The number of para-hydroxylation sites is 1. The van der Waals surface area contributed by atoms with Gasteiger partial charge in [0, 0.05) is 12.0 Å². The highest BCUT2D eigenvalue weighted by Crippen LogP contribution is 2.18. The average Bonchev–Trinajstić information content (AvgIpc) is 2.69. The molecule has 2 atom stereocenters. The second-order valence-electron chi connectivity index (χ2n) is 6.36. The third-order valence-electron chi connectivity index (χ3n) is 3.77. The lowest BCUT2D eigenvalue weighted by molar-refractivity contribution is -0.143. The third-order valence-corrected chi connectivity index (χ3v) is 3.77. The van der Waals surface area contributed by atoms with Crippen LogP contribution in [-0.4, -0.2) is 47.6 Å². The Bertz CT molecular complexity index is 694. The lowest BCUT2D eigenvalue weighted by atomic mass is 10.1. The molecule has 0 radical (unpaired) electrons. The van der Waals surface area contributed by atoms with Crippen molar-refractivity contribution in [3.05, 3.63) is 53.8 Å². The van der Waals surface area contributed by atoms with Crippen LogP contribution in [0.4, 0.5) is 0 Å². The first kappa shape index (κ1) is 23.4. The molecule has 7 nitrogen and oxygen atoms in total. The lowest BCUT2D eigenvalue weighted by Gasteiger charge is -2.16. The Kier molecular flexibility index (Phi) is 9.98. The molecule has 0 heterocycles.